The molecule has 2 nitrogen and oxygen atoms in total. The number of aliphatic hydroxyl groups is 1. The summed E-state index contributed by atoms with van der Waals surface area (Å²) < 4.78 is 0. The molecule has 1 unspecified atom stereocenters. The highest BCUT2D eigenvalue weighted by Crippen LogP contribution is 2.19. The molecule has 96 valence electrons. The lowest BCUT2D eigenvalue weighted by atomic mass is 10.1. The minimum absolute atomic E-state index is 0.219. The number of hydrogen-bond donors (Lipinski definition) is 1. The minimum atomic E-state index is -0.219. The van der Waals surface area contributed by atoms with E-state index in [9.17, 15) is 5.11 Å². The zero-order valence-corrected chi connectivity index (χ0v) is 11.7. The predicted molar refractivity (Wildman–Crippen MR) is 78.7 cm³/mol. The Labute approximate surface area is 112 Å². The third-order valence-electron chi connectivity index (χ3n) is 2.97. The normalized spacial score (nSPS) is 13.1. The van der Waals surface area contributed by atoms with E-state index in [1.54, 1.807) is 11.8 Å². The van der Waals surface area contributed by atoms with E-state index in [2.05, 4.69) is 17.1 Å². The summed E-state index contributed by atoms with van der Waals surface area (Å²) in [5, 5.41) is 10.9. The first-order valence-corrected chi connectivity index (χ1v) is 7.42. The molecule has 2 rings (SSSR count). The van der Waals surface area contributed by atoms with Crippen molar-refractivity contribution in [2.75, 3.05) is 5.75 Å². The minimum Gasteiger partial charge on any atom is -0.392 e. The molecule has 0 aliphatic carbocycles. The number of benzene rings is 1. The molecule has 1 aromatic carbocycles. The van der Waals surface area contributed by atoms with Crippen LogP contribution in [-0.4, -0.2) is 21.9 Å². The summed E-state index contributed by atoms with van der Waals surface area (Å²) in [4.78, 5) is 4.44. The van der Waals surface area contributed by atoms with Crippen molar-refractivity contribution in [3.63, 3.8) is 0 Å². The van der Waals surface area contributed by atoms with E-state index in [0.29, 0.717) is 5.92 Å². The Kier molecular flexibility index (Phi) is 4.61. The molecule has 0 aliphatic rings. The van der Waals surface area contributed by atoms with E-state index in [4.69, 9.17) is 0 Å². The number of hydrogen-bond acceptors (Lipinski definition) is 3. The van der Waals surface area contributed by atoms with Crippen LogP contribution >= 0.6 is 11.8 Å². The van der Waals surface area contributed by atoms with E-state index in [1.165, 1.54) is 10.9 Å². The first-order valence-electron chi connectivity index (χ1n) is 6.26. The molecular weight excluding hydrogens is 242 g/mol. The van der Waals surface area contributed by atoms with Gasteiger partial charge >= 0.3 is 0 Å². The summed E-state index contributed by atoms with van der Waals surface area (Å²) in [7, 11) is 0. The lowest BCUT2D eigenvalue weighted by Gasteiger charge is -2.13. The Morgan fingerprint density at radius 2 is 2.06 bits per heavy atom. The number of fused-ring (bicyclic) bond motifs is 1. The van der Waals surface area contributed by atoms with Gasteiger partial charge in [-0.25, -0.2) is 0 Å². The van der Waals surface area contributed by atoms with Crippen molar-refractivity contribution in [3.8, 4) is 0 Å². The summed E-state index contributed by atoms with van der Waals surface area (Å²) in [5.74, 6) is 2.01. The van der Waals surface area contributed by atoms with Crippen LogP contribution in [0, 0.1) is 5.92 Å². The van der Waals surface area contributed by atoms with Crippen LogP contribution in [0.15, 0.2) is 36.5 Å². The number of pyridine rings is 1. The van der Waals surface area contributed by atoms with Gasteiger partial charge in [0.1, 0.15) is 0 Å². The summed E-state index contributed by atoms with van der Waals surface area (Å²) in [6.07, 6.45) is 1.71. The van der Waals surface area contributed by atoms with Crippen LogP contribution in [0.3, 0.4) is 0 Å². The summed E-state index contributed by atoms with van der Waals surface area (Å²) in [6.45, 7) is 4.09. The maximum Gasteiger partial charge on any atom is 0.0702 e. The lowest BCUT2D eigenvalue weighted by molar-refractivity contribution is 0.149. The second-order valence-corrected chi connectivity index (χ2v) is 5.89. The molecule has 2 aromatic rings. The van der Waals surface area contributed by atoms with Crippen LogP contribution < -0.4 is 0 Å². The number of thioether (sulfide) groups is 1. The second-order valence-electron chi connectivity index (χ2n) is 4.86. The zero-order valence-electron chi connectivity index (χ0n) is 10.8. The van der Waals surface area contributed by atoms with Crippen molar-refractivity contribution in [2.45, 2.75) is 25.7 Å². The average Bonchev–Trinajstić information content (AvgIpc) is 2.38. The molecule has 0 radical (unpaired) electrons. The molecule has 0 bridgehead atoms. The fraction of sp³-hybridized carbons (Fsp3) is 0.400. The summed E-state index contributed by atoms with van der Waals surface area (Å²) >= 11 is 1.76. The molecule has 1 heterocycles. The maximum atomic E-state index is 9.74. The van der Waals surface area contributed by atoms with Crippen molar-refractivity contribution in [2.24, 2.45) is 5.92 Å². The van der Waals surface area contributed by atoms with Gasteiger partial charge in [0.05, 0.1) is 11.6 Å². The molecule has 0 amide bonds. The van der Waals surface area contributed by atoms with Crippen LogP contribution in [0.2, 0.25) is 0 Å². The number of para-hydroxylation sites is 1. The molecule has 3 heteroatoms. The van der Waals surface area contributed by atoms with Crippen molar-refractivity contribution in [1.29, 1.82) is 0 Å². The van der Waals surface area contributed by atoms with Crippen LogP contribution in [-0.2, 0) is 5.75 Å². The first-order chi connectivity index (χ1) is 8.66. The number of rotatable bonds is 5. The SMILES string of the molecule is CC(C)C(O)CSCc1cnc2ccccc2c1. The molecule has 1 N–H and O–H groups in total. The van der Waals surface area contributed by atoms with Crippen LogP contribution in [0.25, 0.3) is 10.9 Å². The predicted octanol–water partition coefficient (Wildman–Crippen LogP) is 3.48. The molecule has 0 fully saturated rings. The smallest absolute Gasteiger partial charge is 0.0702 e. The molecular formula is C15H19NOS. The molecule has 18 heavy (non-hydrogen) atoms. The second kappa shape index (κ2) is 6.21. The lowest BCUT2D eigenvalue weighted by Crippen LogP contribution is -2.17. The van der Waals surface area contributed by atoms with Gasteiger partial charge in [-0.05, 0) is 23.6 Å². The molecule has 0 aliphatic heterocycles. The van der Waals surface area contributed by atoms with Gasteiger partial charge in [0.2, 0.25) is 0 Å². The van der Waals surface area contributed by atoms with Crippen molar-refractivity contribution in [3.05, 3.63) is 42.1 Å². The third-order valence-corrected chi connectivity index (χ3v) is 4.09. The fourth-order valence-corrected chi connectivity index (χ4v) is 2.82. The largest absolute Gasteiger partial charge is 0.392 e. The molecule has 0 saturated heterocycles. The van der Waals surface area contributed by atoms with Crippen molar-refractivity contribution < 1.29 is 5.11 Å². The van der Waals surface area contributed by atoms with E-state index in [1.807, 2.05) is 38.2 Å². The Morgan fingerprint density at radius 3 is 2.83 bits per heavy atom. The van der Waals surface area contributed by atoms with Crippen molar-refractivity contribution in [1.82, 2.24) is 4.98 Å². The molecule has 1 aromatic heterocycles. The Balaban J connectivity index is 1.96. The standard InChI is InChI=1S/C15H19NOS/c1-11(2)15(17)10-18-9-12-7-13-5-3-4-6-14(13)16-8-12/h3-8,11,15,17H,9-10H2,1-2H3. The Bertz CT molecular complexity index is 513. The van der Waals surface area contributed by atoms with Crippen molar-refractivity contribution >= 4 is 22.7 Å². The third kappa shape index (κ3) is 3.47. The van der Waals surface area contributed by atoms with Gasteiger partial charge in [0, 0.05) is 23.1 Å². The highest BCUT2D eigenvalue weighted by Gasteiger charge is 2.08. The van der Waals surface area contributed by atoms with Gasteiger partial charge in [-0.15, -0.1) is 0 Å². The maximum absolute atomic E-state index is 9.74. The number of aromatic nitrogens is 1. The van der Waals surface area contributed by atoms with Crippen LogP contribution in [0.4, 0.5) is 0 Å². The Morgan fingerprint density at radius 1 is 1.28 bits per heavy atom. The summed E-state index contributed by atoms with van der Waals surface area (Å²) in [5.41, 5.74) is 2.25. The average molecular weight is 261 g/mol. The molecule has 0 saturated carbocycles. The van der Waals surface area contributed by atoms with E-state index in [-0.39, 0.29) is 6.10 Å². The van der Waals surface area contributed by atoms with Crippen LogP contribution in [0.1, 0.15) is 19.4 Å². The molecule has 0 spiro atoms. The van der Waals surface area contributed by atoms with E-state index >= 15 is 0 Å². The van der Waals surface area contributed by atoms with Gasteiger partial charge in [-0.3, -0.25) is 4.98 Å². The Hall–Kier alpha value is -1.06. The molecule has 1 atom stereocenters. The fourth-order valence-electron chi connectivity index (χ4n) is 1.69. The van der Waals surface area contributed by atoms with Gasteiger partial charge in [0.15, 0.2) is 0 Å². The monoisotopic (exact) mass is 261 g/mol. The highest BCUT2D eigenvalue weighted by molar-refractivity contribution is 7.98. The first kappa shape index (κ1) is 13.4. The van der Waals surface area contributed by atoms with Gasteiger partial charge in [0.25, 0.3) is 0 Å². The zero-order chi connectivity index (χ0) is 13.0. The van der Waals surface area contributed by atoms with Gasteiger partial charge in [-0.1, -0.05) is 32.0 Å². The number of nitrogens with zero attached hydrogens (tertiary/aromatic N) is 1. The summed E-state index contributed by atoms with van der Waals surface area (Å²) in [6, 6.07) is 10.3. The van der Waals surface area contributed by atoms with E-state index < -0.39 is 0 Å². The van der Waals surface area contributed by atoms with E-state index in [0.717, 1.165) is 17.0 Å². The highest BCUT2D eigenvalue weighted by atomic mass is 32.2. The topological polar surface area (TPSA) is 33.1 Å². The number of aliphatic hydroxyl groups excluding tert-OH is 1. The van der Waals surface area contributed by atoms with Crippen LogP contribution in [0.5, 0.6) is 0 Å². The van der Waals surface area contributed by atoms with Gasteiger partial charge in [-0.2, -0.15) is 11.8 Å². The van der Waals surface area contributed by atoms with Gasteiger partial charge < -0.3 is 5.11 Å². The quantitative estimate of drug-likeness (QED) is 0.894.